The molecule has 0 fully saturated rings. The number of allylic oxidation sites excluding steroid dienone is 4. The Morgan fingerprint density at radius 2 is 1.86 bits per heavy atom. The second-order valence-electron chi connectivity index (χ2n) is 5.14. The van der Waals surface area contributed by atoms with Crippen LogP contribution >= 0.6 is 0 Å². The van der Waals surface area contributed by atoms with Crippen molar-refractivity contribution < 1.29 is 5.11 Å². The molecule has 0 aliphatic rings. The van der Waals surface area contributed by atoms with E-state index in [0.29, 0.717) is 6.42 Å². The van der Waals surface area contributed by atoms with Crippen molar-refractivity contribution in [3.05, 3.63) is 47.7 Å². The van der Waals surface area contributed by atoms with E-state index in [1.54, 1.807) is 0 Å². The summed E-state index contributed by atoms with van der Waals surface area (Å²) in [4.78, 5) is 2.39. The van der Waals surface area contributed by atoms with Crippen molar-refractivity contribution in [2.75, 3.05) is 33.3 Å². The van der Waals surface area contributed by atoms with Crippen LogP contribution in [0.3, 0.4) is 0 Å². The van der Waals surface area contributed by atoms with Crippen molar-refractivity contribution in [3.63, 3.8) is 0 Å². The SMILES string of the molecule is C=C(/C=C(/C=C\C(C)=C\NC)CCO)CCN(CC)CC. The molecule has 0 aliphatic carbocycles. The number of nitrogens with one attached hydrogen (secondary N) is 1. The summed E-state index contributed by atoms with van der Waals surface area (Å²) in [5, 5.41) is 12.2. The largest absolute Gasteiger partial charge is 0.396 e. The van der Waals surface area contributed by atoms with Gasteiger partial charge in [0.25, 0.3) is 0 Å². The zero-order chi connectivity index (χ0) is 16.1. The van der Waals surface area contributed by atoms with Gasteiger partial charge in [-0.15, -0.1) is 0 Å². The first-order valence-electron chi connectivity index (χ1n) is 7.81. The van der Waals surface area contributed by atoms with E-state index in [1.807, 2.05) is 20.2 Å². The fourth-order valence-electron chi connectivity index (χ4n) is 2.02. The second-order valence-corrected chi connectivity index (χ2v) is 5.14. The van der Waals surface area contributed by atoms with E-state index in [4.69, 9.17) is 0 Å². The van der Waals surface area contributed by atoms with Crippen LogP contribution in [0.5, 0.6) is 0 Å². The van der Waals surface area contributed by atoms with E-state index in [0.717, 1.165) is 42.8 Å². The van der Waals surface area contributed by atoms with E-state index in [2.05, 4.69) is 48.9 Å². The van der Waals surface area contributed by atoms with Gasteiger partial charge in [0.1, 0.15) is 0 Å². The smallest absolute Gasteiger partial charge is 0.0471 e. The van der Waals surface area contributed by atoms with E-state index >= 15 is 0 Å². The number of rotatable bonds is 11. The minimum Gasteiger partial charge on any atom is -0.396 e. The minimum absolute atomic E-state index is 0.161. The van der Waals surface area contributed by atoms with Gasteiger partial charge in [0, 0.05) is 20.2 Å². The molecule has 0 radical (unpaired) electrons. The van der Waals surface area contributed by atoms with Crippen molar-refractivity contribution in [2.24, 2.45) is 0 Å². The number of hydrogen-bond acceptors (Lipinski definition) is 3. The molecule has 0 amide bonds. The van der Waals surface area contributed by atoms with Crippen molar-refractivity contribution in [1.29, 1.82) is 0 Å². The monoisotopic (exact) mass is 292 g/mol. The molecule has 0 aromatic rings. The third-order valence-electron chi connectivity index (χ3n) is 3.37. The van der Waals surface area contributed by atoms with E-state index in [-0.39, 0.29) is 6.61 Å². The zero-order valence-electron chi connectivity index (χ0n) is 14.2. The van der Waals surface area contributed by atoms with Crippen LogP contribution in [0, 0.1) is 0 Å². The number of aliphatic hydroxyl groups is 1. The summed E-state index contributed by atoms with van der Waals surface area (Å²) in [5.74, 6) is 0. The predicted molar refractivity (Wildman–Crippen MR) is 93.3 cm³/mol. The van der Waals surface area contributed by atoms with Crippen LogP contribution in [0.25, 0.3) is 0 Å². The van der Waals surface area contributed by atoms with Crippen LogP contribution in [-0.2, 0) is 0 Å². The van der Waals surface area contributed by atoms with Crippen LogP contribution in [0.15, 0.2) is 47.7 Å². The highest BCUT2D eigenvalue weighted by Crippen LogP contribution is 2.12. The number of hydrogen-bond donors (Lipinski definition) is 2. The van der Waals surface area contributed by atoms with Gasteiger partial charge in [-0.25, -0.2) is 0 Å². The molecule has 3 nitrogen and oxygen atoms in total. The lowest BCUT2D eigenvalue weighted by atomic mass is 10.1. The van der Waals surface area contributed by atoms with Crippen molar-refractivity contribution >= 4 is 0 Å². The normalized spacial score (nSPS) is 13.2. The highest BCUT2D eigenvalue weighted by molar-refractivity contribution is 5.32. The standard InChI is InChI=1S/C18H32N2O/c1-6-20(7-2)12-10-16(3)14-18(11-13-21)9-8-17(4)15-19-5/h8-9,14-15,19,21H,3,6-7,10-13H2,1-2,4-5H3/b9-8-,17-15+,18-14-. The summed E-state index contributed by atoms with van der Waals surface area (Å²) in [5.41, 5.74) is 3.38. The van der Waals surface area contributed by atoms with Gasteiger partial charge >= 0.3 is 0 Å². The first-order chi connectivity index (χ1) is 10.1. The van der Waals surface area contributed by atoms with Crippen LogP contribution in [0.4, 0.5) is 0 Å². The molecule has 0 aromatic carbocycles. The van der Waals surface area contributed by atoms with Crippen LogP contribution in [0.2, 0.25) is 0 Å². The van der Waals surface area contributed by atoms with Crippen molar-refractivity contribution in [3.8, 4) is 0 Å². The molecule has 0 heterocycles. The van der Waals surface area contributed by atoms with Gasteiger partial charge in [0.15, 0.2) is 0 Å². The lowest BCUT2D eigenvalue weighted by molar-refractivity contribution is 0.300. The Morgan fingerprint density at radius 3 is 2.38 bits per heavy atom. The van der Waals surface area contributed by atoms with E-state index < -0.39 is 0 Å². The average molecular weight is 292 g/mol. The first kappa shape index (κ1) is 19.7. The van der Waals surface area contributed by atoms with Gasteiger partial charge in [-0.3, -0.25) is 0 Å². The molecule has 21 heavy (non-hydrogen) atoms. The molecule has 0 bridgehead atoms. The maximum atomic E-state index is 9.17. The summed E-state index contributed by atoms with van der Waals surface area (Å²) < 4.78 is 0. The van der Waals surface area contributed by atoms with E-state index in [1.165, 1.54) is 0 Å². The Hall–Kier alpha value is -1.32. The Balaban J connectivity index is 4.63. The second kappa shape index (κ2) is 12.4. The highest BCUT2D eigenvalue weighted by atomic mass is 16.2. The number of aliphatic hydroxyl groups excluding tert-OH is 1. The highest BCUT2D eigenvalue weighted by Gasteiger charge is 2.00. The summed E-state index contributed by atoms with van der Waals surface area (Å²) in [6, 6.07) is 0. The molecule has 0 aromatic heterocycles. The van der Waals surface area contributed by atoms with Gasteiger partial charge in [-0.2, -0.15) is 0 Å². The summed E-state index contributed by atoms with van der Waals surface area (Å²) in [6.45, 7) is 13.9. The fourth-order valence-corrected chi connectivity index (χ4v) is 2.02. The maximum Gasteiger partial charge on any atom is 0.0471 e. The quantitative estimate of drug-likeness (QED) is 0.574. The first-order valence-corrected chi connectivity index (χ1v) is 7.81. The van der Waals surface area contributed by atoms with Crippen molar-refractivity contribution in [1.82, 2.24) is 10.2 Å². The predicted octanol–water partition coefficient (Wildman–Crippen LogP) is 3.26. The Bertz CT molecular complexity index is 377. The molecular weight excluding hydrogens is 260 g/mol. The molecular formula is C18H32N2O. The number of nitrogens with zero attached hydrogens (tertiary/aromatic N) is 1. The van der Waals surface area contributed by atoms with Crippen LogP contribution < -0.4 is 5.32 Å². The molecule has 0 aliphatic heterocycles. The van der Waals surface area contributed by atoms with Crippen LogP contribution in [-0.4, -0.2) is 43.3 Å². The minimum atomic E-state index is 0.161. The molecule has 0 unspecified atom stereocenters. The molecule has 0 saturated carbocycles. The summed E-state index contributed by atoms with van der Waals surface area (Å²) in [6.07, 6.45) is 9.78. The van der Waals surface area contributed by atoms with Gasteiger partial charge in [0.05, 0.1) is 0 Å². The molecule has 0 saturated heterocycles. The van der Waals surface area contributed by atoms with Gasteiger partial charge in [-0.05, 0) is 50.2 Å². The van der Waals surface area contributed by atoms with Gasteiger partial charge < -0.3 is 15.3 Å². The summed E-state index contributed by atoms with van der Waals surface area (Å²) in [7, 11) is 1.89. The molecule has 3 heteroatoms. The molecule has 0 atom stereocenters. The molecule has 0 rings (SSSR count). The third kappa shape index (κ3) is 10.1. The van der Waals surface area contributed by atoms with Crippen LogP contribution in [0.1, 0.15) is 33.6 Å². The van der Waals surface area contributed by atoms with E-state index in [9.17, 15) is 5.11 Å². The van der Waals surface area contributed by atoms with Gasteiger partial charge in [-0.1, -0.05) is 44.2 Å². The summed E-state index contributed by atoms with van der Waals surface area (Å²) >= 11 is 0. The fraction of sp³-hybridized carbons (Fsp3) is 0.556. The Morgan fingerprint density at radius 1 is 1.19 bits per heavy atom. The molecule has 0 spiro atoms. The molecule has 120 valence electrons. The average Bonchev–Trinajstić information content (AvgIpc) is 2.46. The zero-order valence-corrected chi connectivity index (χ0v) is 14.2. The lowest BCUT2D eigenvalue weighted by Crippen LogP contribution is -2.24. The maximum absolute atomic E-state index is 9.17. The lowest BCUT2D eigenvalue weighted by Gasteiger charge is -2.17. The molecule has 2 N–H and O–H groups in total. The van der Waals surface area contributed by atoms with Crippen molar-refractivity contribution in [2.45, 2.75) is 33.6 Å². The topological polar surface area (TPSA) is 35.5 Å². The Kier molecular flexibility index (Phi) is 11.6. The van der Waals surface area contributed by atoms with Gasteiger partial charge in [0.2, 0.25) is 0 Å². The Labute approximate surface area is 130 Å². The third-order valence-corrected chi connectivity index (χ3v) is 3.37.